The van der Waals surface area contributed by atoms with Crippen molar-refractivity contribution in [1.29, 1.82) is 0 Å². The summed E-state index contributed by atoms with van der Waals surface area (Å²) in [5.74, 6) is -2.01. The average Bonchev–Trinajstić information content (AvgIpc) is 2.50. The second-order valence-corrected chi connectivity index (χ2v) is 5.40. The van der Waals surface area contributed by atoms with Gasteiger partial charge in [-0.15, -0.1) is 0 Å². The zero-order valence-electron chi connectivity index (χ0n) is 14.0. The van der Waals surface area contributed by atoms with Gasteiger partial charge in [0.1, 0.15) is 0 Å². The van der Waals surface area contributed by atoms with Crippen molar-refractivity contribution in [3.05, 3.63) is 24.3 Å². The highest BCUT2D eigenvalue weighted by Crippen LogP contribution is 2.18. The summed E-state index contributed by atoms with van der Waals surface area (Å²) < 4.78 is 0. The molecule has 1 aromatic rings. The van der Waals surface area contributed by atoms with Gasteiger partial charge in [0.25, 0.3) is 0 Å². The Bertz CT molecular complexity index is 572. The Labute approximate surface area is 137 Å². The SMILES string of the molecule is CCCCN(CCC)C(=O)C(=O)N(C(C)=O)c1cccc(N)c1. The summed E-state index contributed by atoms with van der Waals surface area (Å²) in [6.45, 7) is 6.22. The molecular formula is C17H25N3O3. The van der Waals surface area contributed by atoms with Gasteiger partial charge in [0.05, 0.1) is 5.69 Å². The van der Waals surface area contributed by atoms with Crippen LogP contribution in [0.2, 0.25) is 0 Å². The number of nitrogens with zero attached hydrogens (tertiary/aromatic N) is 2. The van der Waals surface area contributed by atoms with Gasteiger partial charge in [-0.3, -0.25) is 14.4 Å². The Hall–Kier alpha value is -2.37. The molecule has 6 nitrogen and oxygen atoms in total. The molecule has 126 valence electrons. The first-order chi connectivity index (χ1) is 10.9. The van der Waals surface area contributed by atoms with Gasteiger partial charge in [-0.2, -0.15) is 0 Å². The molecule has 0 spiro atoms. The van der Waals surface area contributed by atoms with Crippen molar-refractivity contribution < 1.29 is 14.4 Å². The van der Waals surface area contributed by atoms with E-state index in [1.807, 2.05) is 13.8 Å². The van der Waals surface area contributed by atoms with E-state index in [4.69, 9.17) is 5.73 Å². The molecule has 23 heavy (non-hydrogen) atoms. The van der Waals surface area contributed by atoms with Crippen LogP contribution in [0.15, 0.2) is 24.3 Å². The lowest BCUT2D eigenvalue weighted by Crippen LogP contribution is -2.47. The molecule has 2 N–H and O–H groups in total. The standard InChI is InChI=1S/C17H25N3O3/c1-4-6-11-19(10-5-2)16(22)17(23)20(13(3)21)15-9-7-8-14(18)12-15/h7-9,12H,4-6,10-11,18H2,1-3H3. The minimum absolute atomic E-state index is 0.308. The molecule has 0 aliphatic heterocycles. The minimum Gasteiger partial charge on any atom is -0.399 e. The molecule has 0 fully saturated rings. The maximum atomic E-state index is 12.5. The van der Waals surface area contributed by atoms with E-state index in [1.165, 1.54) is 17.9 Å². The summed E-state index contributed by atoms with van der Waals surface area (Å²) in [6, 6.07) is 6.37. The normalized spacial score (nSPS) is 10.2. The molecule has 1 aromatic carbocycles. The molecule has 0 aliphatic rings. The number of carbonyl (C=O) groups is 3. The third-order valence-corrected chi connectivity index (χ3v) is 3.39. The maximum Gasteiger partial charge on any atom is 0.323 e. The Kier molecular flexibility index (Phi) is 7.25. The van der Waals surface area contributed by atoms with Crippen LogP contribution in [0.5, 0.6) is 0 Å². The fourth-order valence-electron chi connectivity index (χ4n) is 2.27. The Balaban J connectivity index is 3.04. The predicted molar refractivity (Wildman–Crippen MR) is 90.8 cm³/mol. The number of nitrogens with two attached hydrogens (primary N) is 1. The second kappa shape index (κ2) is 8.92. The molecule has 0 heterocycles. The van der Waals surface area contributed by atoms with Crippen LogP contribution >= 0.6 is 0 Å². The number of hydrogen-bond donors (Lipinski definition) is 1. The second-order valence-electron chi connectivity index (χ2n) is 5.40. The maximum absolute atomic E-state index is 12.5. The molecule has 0 atom stereocenters. The van der Waals surface area contributed by atoms with Crippen molar-refractivity contribution in [3.63, 3.8) is 0 Å². The quantitative estimate of drug-likeness (QED) is 0.643. The van der Waals surface area contributed by atoms with Gasteiger partial charge in [0, 0.05) is 25.7 Å². The Morgan fingerprint density at radius 2 is 1.74 bits per heavy atom. The van der Waals surface area contributed by atoms with Gasteiger partial charge in [-0.25, -0.2) is 4.90 Å². The number of benzene rings is 1. The monoisotopic (exact) mass is 319 g/mol. The lowest BCUT2D eigenvalue weighted by molar-refractivity contribution is -0.145. The summed E-state index contributed by atoms with van der Waals surface area (Å²) >= 11 is 0. The third-order valence-electron chi connectivity index (χ3n) is 3.39. The summed E-state index contributed by atoms with van der Waals surface area (Å²) in [5, 5.41) is 0. The number of unbranched alkanes of at least 4 members (excludes halogenated alkanes) is 1. The third kappa shape index (κ3) is 5.09. The van der Waals surface area contributed by atoms with Gasteiger partial charge in [-0.05, 0) is 31.0 Å². The molecule has 0 saturated heterocycles. The number of nitrogen functional groups attached to an aromatic ring is 1. The van der Waals surface area contributed by atoms with Crippen molar-refractivity contribution in [1.82, 2.24) is 4.90 Å². The first-order valence-electron chi connectivity index (χ1n) is 7.91. The van der Waals surface area contributed by atoms with Crippen LogP contribution in [0.1, 0.15) is 40.0 Å². The molecule has 0 bridgehead atoms. The van der Waals surface area contributed by atoms with E-state index in [0.717, 1.165) is 24.2 Å². The van der Waals surface area contributed by atoms with Gasteiger partial charge < -0.3 is 10.6 Å². The summed E-state index contributed by atoms with van der Waals surface area (Å²) in [5.41, 5.74) is 6.43. The smallest absolute Gasteiger partial charge is 0.323 e. The van der Waals surface area contributed by atoms with E-state index < -0.39 is 17.7 Å². The van der Waals surface area contributed by atoms with E-state index in [-0.39, 0.29) is 0 Å². The molecule has 0 aliphatic carbocycles. The average molecular weight is 319 g/mol. The number of carbonyl (C=O) groups excluding carboxylic acids is 3. The molecule has 3 amide bonds. The highest BCUT2D eigenvalue weighted by molar-refractivity contribution is 6.45. The van der Waals surface area contributed by atoms with Gasteiger partial charge in [0.15, 0.2) is 0 Å². The van der Waals surface area contributed by atoms with E-state index in [1.54, 1.807) is 18.2 Å². The number of rotatable bonds is 6. The van der Waals surface area contributed by atoms with Gasteiger partial charge in [0.2, 0.25) is 5.91 Å². The van der Waals surface area contributed by atoms with Crippen molar-refractivity contribution in [2.75, 3.05) is 23.7 Å². The van der Waals surface area contributed by atoms with Gasteiger partial charge >= 0.3 is 11.8 Å². The van der Waals surface area contributed by atoms with Gasteiger partial charge in [-0.1, -0.05) is 26.3 Å². The molecule has 0 unspecified atom stereocenters. The zero-order valence-corrected chi connectivity index (χ0v) is 14.0. The van der Waals surface area contributed by atoms with Crippen molar-refractivity contribution in [2.24, 2.45) is 0 Å². The van der Waals surface area contributed by atoms with E-state index >= 15 is 0 Å². The fourth-order valence-corrected chi connectivity index (χ4v) is 2.27. The van der Waals surface area contributed by atoms with E-state index in [9.17, 15) is 14.4 Å². The lowest BCUT2D eigenvalue weighted by Gasteiger charge is -2.25. The summed E-state index contributed by atoms with van der Waals surface area (Å²) in [7, 11) is 0. The van der Waals surface area contributed by atoms with Crippen LogP contribution in [0, 0.1) is 0 Å². The number of amides is 3. The summed E-state index contributed by atoms with van der Waals surface area (Å²) in [6.07, 6.45) is 2.49. The highest BCUT2D eigenvalue weighted by Gasteiger charge is 2.30. The summed E-state index contributed by atoms with van der Waals surface area (Å²) in [4.78, 5) is 39.3. The van der Waals surface area contributed by atoms with Crippen LogP contribution in [0.3, 0.4) is 0 Å². The molecule has 0 saturated carbocycles. The number of hydrogen-bond acceptors (Lipinski definition) is 4. The van der Waals surface area contributed by atoms with Crippen LogP contribution in [0.25, 0.3) is 0 Å². The van der Waals surface area contributed by atoms with E-state index in [2.05, 4.69) is 0 Å². The minimum atomic E-state index is -0.840. The molecule has 6 heteroatoms. The van der Waals surface area contributed by atoms with Crippen LogP contribution < -0.4 is 10.6 Å². The highest BCUT2D eigenvalue weighted by atomic mass is 16.2. The van der Waals surface area contributed by atoms with Crippen LogP contribution in [-0.4, -0.2) is 35.7 Å². The van der Waals surface area contributed by atoms with Crippen LogP contribution in [0.4, 0.5) is 11.4 Å². The van der Waals surface area contributed by atoms with Crippen molar-refractivity contribution >= 4 is 29.1 Å². The van der Waals surface area contributed by atoms with E-state index in [0.29, 0.717) is 24.5 Å². The van der Waals surface area contributed by atoms with Crippen molar-refractivity contribution in [3.8, 4) is 0 Å². The topological polar surface area (TPSA) is 83.7 Å². The Morgan fingerprint density at radius 1 is 1.04 bits per heavy atom. The largest absolute Gasteiger partial charge is 0.399 e. The molecular weight excluding hydrogens is 294 g/mol. The molecule has 0 aromatic heterocycles. The fraction of sp³-hybridized carbons (Fsp3) is 0.471. The van der Waals surface area contributed by atoms with Crippen molar-refractivity contribution in [2.45, 2.75) is 40.0 Å². The first kappa shape index (κ1) is 18.7. The zero-order chi connectivity index (χ0) is 17.4. The Morgan fingerprint density at radius 3 is 2.26 bits per heavy atom. The number of anilines is 2. The molecule has 0 radical (unpaired) electrons. The predicted octanol–water partition coefficient (Wildman–Crippen LogP) is 2.19. The van der Waals surface area contributed by atoms with Crippen LogP contribution in [-0.2, 0) is 14.4 Å². The first-order valence-corrected chi connectivity index (χ1v) is 7.91. The lowest BCUT2D eigenvalue weighted by atomic mass is 10.2. The number of imide groups is 1. The molecule has 1 rings (SSSR count).